The molecule has 0 aliphatic carbocycles. The maximum absolute atomic E-state index is 13.6. The quantitative estimate of drug-likeness (QED) is 0.766. The fraction of sp³-hybridized carbons (Fsp3) is 0.133. The summed E-state index contributed by atoms with van der Waals surface area (Å²) < 4.78 is 46.3. The number of nitrogens with one attached hydrogen (secondary N) is 2. The molecule has 0 unspecified atom stereocenters. The molecule has 2 aromatic heterocycles. The Bertz CT molecular complexity index is 947. The normalized spacial score (nSPS) is 11.6. The molecule has 8 heteroatoms. The monoisotopic (exact) mass is 335 g/mol. The molecule has 120 valence electrons. The van der Waals surface area contributed by atoms with Gasteiger partial charge in [0.15, 0.2) is 5.76 Å². The number of rotatable bonds is 4. The minimum Gasteiger partial charge on any atom is -0.458 e. The zero-order valence-electron chi connectivity index (χ0n) is 12.4. The lowest BCUT2D eigenvalue weighted by atomic mass is 10.2. The van der Waals surface area contributed by atoms with Crippen LogP contribution in [0.3, 0.4) is 0 Å². The minimum absolute atomic E-state index is 0.0110. The second-order valence-corrected chi connectivity index (χ2v) is 6.72. The highest BCUT2D eigenvalue weighted by Crippen LogP contribution is 2.28. The van der Waals surface area contributed by atoms with Crippen molar-refractivity contribution in [3.63, 3.8) is 0 Å². The van der Waals surface area contributed by atoms with E-state index in [0.29, 0.717) is 17.0 Å². The topological polar surface area (TPSA) is 88.0 Å². The average Bonchev–Trinajstić information content (AvgIpc) is 3.11. The van der Waals surface area contributed by atoms with E-state index in [-0.39, 0.29) is 16.3 Å². The van der Waals surface area contributed by atoms with Crippen molar-refractivity contribution in [2.24, 2.45) is 0 Å². The molecule has 3 rings (SSSR count). The van der Waals surface area contributed by atoms with Crippen molar-refractivity contribution in [3.8, 4) is 11.5 Å². The lowest BCUT2D eigenvalue weighted by Gasteiger charge is -2.07. The number of furan rings is 1. The van der Waals surface area contributed by atoms with Crippen LogP contribution in [0.1, 0.15) is 11.3 Å². The Kier molecular flexibility index (Phi) is 3.69. The molecule has 0 aliphatic rings. The van der Waals surface area contributed by atoms with Crippen LogP contribution in [0.4, 0.5) is 10.1 Å². The zero-order chi connectivity index (χ0) is 16.6. The number of hydrogen-bond acceptors (Lipinski definition) is 4. The Morgan fingerprint density at radius 1 is 1.22 bits per heavy atom. The van der Waals surface area contributed by atoms with Crippen molar-refractivity contribution in [2.75, 3.05) is 4.72 Å². The summed E-state index contributed by atoms with van der Waals surface area (Å²) in [5.74, 6) is 0.109. The van der Waals surface area contributed by atoms with Crippen molar-refractivity contribution in [1.29, 1.82) is 0 Å². The van der Waals surface area contributed by atoms with E-state index >= 15 is 0 Å². The average molecular weight is 335 g/mol. The standard InChI is InChI=1S/C15H14FN3O3S/c1-9-3-4-11(7-12(9)16)19-23(20,21)15-8-14(22-10(15)2)13-5-6-17-18-13/h3-8,19H,1-2H3,(H,17,18). The molecular weight excluding hydrogens is 321 g/mol. The highest BCUT2D eigenvalue weighted by atomic mass is 32.2. The molecule has 2 heterocycles. The van der Waals surface area contributed by atoms with Gasteiger partial charge in [0.05, 0.1) is 5.69 Å². The van der Waals surface area contributed by atoms with Crippen LogP contribution in [0.25, 0.3) is 11.5 Å². The van der Waals surface area contributed by atoms with Gasteiger partial charge in [-0.15, -0.1) is 0 Å². The number of aromatic amines is 1. The van der Waals surface area contributed by atoms with E-state index in [1.807, 2.05) is 0 Å². The van der Waals surface area contributed by atoms with Gasteiger partial charge in [-0.05, 0) is 37.6 Å². The molecule has 0 atom stereocenters. The van der Waals surface area contributed by atoms with Gasteiger partial charge in [-0.1, -0.05) is 6.07 Å². The van der Waals surface area contributed by atoms with Crippen molar-refractivity contribution < 1.29 is 17.2 Å². The van der Waals surface area contributed by atoms with Crippen LogP contribution in [0.15, 0.2) is 45.8 Å². The summed E-state index contributed by atoms with van der Waals surface area (Å²) in [7, 11) is -3.89. The van der Waals surface area contributed by atoms with Crippen molar-refractivity contribution >= 4 is 15.7 Å². The second kappa shape index (κ2) is 5.54. The SMILES string of the molecule is Cc1ccc(NS(=O)(=O)c2cc(-c3ccn[nH]3)oc2C)cc1F. The highest BCUT2D eigenvalue weighted by Gasteiger charge is 2.22. The first-order valence-corrected chi connectivity index (χ1v) is 8.24. The van der Waals surface area contributed by atoms with E-state index in [2.05, 4.69) is 14.9 Å². The van der Waals surface area contributed by atoms with Gasteiger partial charge in [0.1, 0.15) is 22.2 Å². The third-order valence-electron chi connectivity index (χ3n) is 3.35. The zero-order valence-corrected chi connectivity index (χ0v) is 13.2. The number of benzene rings is 1. The van der Waals surface area contributed by atoms with Crippen LogP contribution < -0.4 is 4.72 Å². The molecule has 0 spiro atoms. The van der Waals surface area contributed by atoms with Crippen molar-refractivity contribution in [2.45, 2.75) is 18.7 Å². The summed E-state index contributed by atoms with van der Waals surface area (Å²) in [6.45, 7) is 3.15. The van der Waals surface area contributed by atoms with Crippen LogP contribution >= 0.6 is 0 Å². The highest BCUT2D eigenvalue weighted by molar-refractivity contribution is 7.92. The molecule has 0 fully saturated rings. The van der Waals surface area contributed by atoms with Crippen molar-refractivity contribution in [1.82, 2.24) is 10.2 Å². The van der Waals surface area contributed by atoms with Gasteiger partial charge in [0, 0.05) is 12.3 Å². The first-order valence-electron chi connectivity index (χ1n) is 6.76. The van der Waals surface area contributed by atoms with E-state index < -0.39 is 15.8 Å². The predicted octanol–water partition coefficient (Wildman–Crippen LogP) is 3.23. The summed E-state index contributed by atoms with van der Waals surface area (Å²) in [6, 6.07) is 7.21. The maximum Gasteiger partial charge on any atom is 0.265 e. The second-order valence-electron chi connectivity index (χ2n) is 5.07. The molecule has 0 saturated carbocycles. The molecule has 0 bridgehead atoms. The summed E-state index contributed by atoms with van der Waals surface area (Å²) in [5.41, 5.74) is 1.15. The number of hydrogen-bond donors (Lipinski definition) is 2. The fourth-order valence-electron chi connectivity index (χ4n) is 2.12. The summed E-state index contributed by atoms with van der Waals surface area (Å²) in [5, 5.41) is 6.49. The van der Waals surface area contributed by atoms with Gasteiger partial charge in [0.2, 0.25) is 0 Å². The first-order chi connectivity index (χ1) is 10.9. The van der Waals surface area contributed by atoms with Gasteiger partial charge < -0.3 is 4.42 Å². The smallest absolute Gasteiger partial charge is 0.265 e. The first kappa shape index (κ1) is 15.3. The third-order valence-corrected chi connectivity index (χ3v) is 4.84. The van der Waals surface area contributed by atoms with Crippen LogP contribution in [0, 0.1) is 19.7 Å². The Balaban J connectivity index is 1.95. The Hall–Kier alpha value is -2.61. The molecular formula is C15H14FN3O3S. The minimum atomic E-state index is -3.89. The molecule has 2 N–H and O–H groups in total. The molecule has 3 aromatic rings. The van der Waals surface area contributed by atoms with Gasteiger partial charge >= 0.3 is 0 Å². The largest absolute Gasteiger partial charge is 0.458 e. The fourth-order valence-corrected chi connectivity index (χ4v) is 3.35. The van der Waals surface area contributed by atoms with E-state index in [0.717, 1.165) is 6.07 Å². The molecule has 0 amide bonds. The molecule has 23 heavy (non-hydrogen) atoms. The number of sulfonamides is 1. The molecule has 0 saturated heterocycles. The predicted molar refractivity (Wildman–Crippen MR) is 83.0 cm³/mol. The summed E-state index contributed by atoms with van der Waals surface area (Å²) in [4.78, 5) is -0.0110. The number of nitrogens with zero attached hydrogens (tertiary/aromatic N) is 1. The van der Waals surface area contributed by atoms with Crippen LogP contribution in [-0.4, -0.2) is 18.6 Å². The maximum atomic E-state index is 13.6. The Labute approximate surface area is 132 Å². The lowest BCUT2D eigenvalue weighted by Crippen LogP contribution is -2.13. The third kappa shape index (κ3) is 2.98. The number of aryl methyl sites for hydroxylation is 2. The number of anilines is 1. The van der Waals surface area contributed by atoms with Gasteiger partial charge in [0.25, 0.3) is 10.0 Å². The number of halogens is 1. The Morgan fingerprint density at radius 2 is 2.00 bits per heavy atom. The summed E-state index contributed by atoms with van der Waals surface area (Å²) in [6.07, 6.45) is 1.54. The number of aromatic nitrogens is 2. The molecule has 1 aromatic carbocycles. The van der Waals surface area contributed by atoms with Gasteiger partial charge in [-0.2, -0.15) is 5.10 Å². The molecule has 6 nitrogen and oxygen atoms in total. The van der Waals surface area contributed by atoms with Crippen LogP contribution in [0.2, 0.25) is 0 Å². The van der Waals surface area contributed by atoms with Gasteiger partial charge in [-0.3, -0.25) is 9.82 Å². The van der Waals surface area contributed by atoms with E-state index in [1.165, 1.54) is 24.4 Å². The Morgan fingerprint density at radius 3 is 2.65 bits per heavy atom. The summed E-state index contributed by atoms with van der Waals surface area (Å²) >= 11 is 0. The van der Waals surface area contributed by atoms with Crippen LogP contribution in [0.5, 0.6) is 0 Å². The number of H-pyrrole nitrogens is 1. The molecule has 0 aliphatic heterocycles. The van der Waals surface area contributed by atoms with E-state index in [1.54, 1.807) is 19.9 Å². The van der Waals surface area contributed by atoms with Crippen LogP contribution in [-0.2, 0) is 10.0 Å². The lowest BCUT2D eigenvalue weighted by molar-refractivity contribution is 0.533. The molecule has 0 radical (unpaired) electrons. The van der Waals surface area contributed by atoms with Gasteiger partial charge in [-0.25, -0.2) is 12.8 Å². The van der Waals surface area contributed by atoms with Crippen molar-refractivity contribution in [3.05, 3.63) is 53.7 Å². The van der Waals surface area contributed by atoms with E-state index in [9.17, 15) is 12.8 Å². The van der Waals surface area contributed by atoms with E-state index in [4.69, 9.17) is 4.42 Å².